The molecule has 1 saturated heterocycles. The van der Waals surface area contributed by atoms with Gasteiger partial charge in [0.2, 0.25) is 11.8 Å². The van der Waals surface area contributed by atoms with Crippen LogP contribution in [0.3, 0.4) is 0 Å². The topological polar surface area (TPSA) is 184 Å². The van der Waals surface area contributed by atoms with Gasteiger partial charge in [0, 0.05) is 50.7 Å². The van der Waals surface area contributed by atoms with E-state index in [1.165, 1.54) is 16.0 Å². The summed E-state index contributed by atoms with van der Waals surface area (Å²) in [5.41, 5.74) is 1.40. The molecule has 15 nitrogen and oxygen atoms in total. The third-order valence-corrected chi connectivity index (χ3v) is 10.3. The van der Waals surface area contributed by atoms with E-state index < -0.39 is 48.0 Å². The molecule has 1 aromatic rings. The van der Waals surface area contributed by atoms with E-state index in [9.17, 15) is 19.2 Å². The SMILES string of the molecule is CNC(=N)NCCC[C@H](NC(=O)CC(=O)OC(C)(C)C)C(=O)NCCN(C)C(=O)OC1=CCC2[C@H]3Cc4ccc(OC)c5c4[C@@]2(CCN3C)C1O5. The fourth-order valence-corrected chi connectivity index (χ4v) is 7.93. The summed E-state index contributed by atoms with van der Waals surface area (Å²) in [5, 5.41) is 18.6. The molecule has 2 unspecified atom stereocenters. The maximum absolute atomic E-state index is 13.4. The maximum Gasteiger partial charge on any atom is 0.414 e. The molecule has 2 aliphatic heterocycles. The number of piperidine rings is 1. The number of benzene rings is 1. The lowest BCUT2D eigenvalue weighted by Gasteiger charge is -2.56. The number of likely N-dealkylation sites (N-methyl/N-ethyl adjacent to an activating group) is 2. The van der Waals surface area contributed by atoms with Crippen molar-refractivity contribution in [1.29, 1.82) is 5.41 Å². The Morgan fingerprint density at radius 1 is 1.18 bits per heavy atom. The molecule has 1 aromatic carbocycles. The van der Waals surface area contributed by atoms with Gasteiger partial charge in [0.15, 0.2) is 23.6 Å². The van der Waals surface area contributed by atoms with Crippen molar-refractivity contribution >= 4 is 29.8 Å². The first-order valence-electron chi connectivity index (χ1n) is 17.7. The highest BCUT2D eigenvalue weighted by molar-refractivity contribution is 5.96. The zero-order valence-corrected chi connectivity index (χ0v) is 30.8. The summed E-state index contributed by atoms with van der Waals surface area (Å²) in [6.45, 7) is 6.65. The third-order valence-electron chi connectivity index (χ3n) is 10.3. The molecule has 51 heavy (non-hydrogen) atoms. The molecule has 2 heterocycles. The van der Waals surface area contributed by atoms with Crippen molar-refractivity contribution in [2.75, 3.05) is 54.4 Å². The van der Waals surface area contributed by atoms with Crippen molar-refractivity contribution in [2.24, 2.45) is 5.92 Å². The van der Waals surface area contributed by atoms with Gasteiger partial charge in [0.1, 0.15) is 23.8 Å². The summed E-state index contributed by atoms with van der Waals surface area (Å²) in [6, 6.07) is 3.52. The van der Waals surface area contributed by atoms with Crippen molar-refractivity contribution < 1.29 is 38.1 Å². The van der Waals surface area contributed by atoms with Crippen LogP contribution in [0.25, 0.3) is 0 Å². The second kappa shape index (κ2) is 15.4. The van der Waals surface area contributed by atoms with Gasteiger partial charge >= 0.3 is 12.1 Å². The van der Waals surface area contributed by atoms with Crippen LogP contribution in [0, 0.1) is 11.3 Å². The molecule has 5 rings (SSSR count). The Morgan fingerprint density at radius 2 is 1.94 bits per heavy atom. The minimum Gasteiger partial charge on any atom is -0.493 e. The summed E-state index contributed by atoms with van der Waals surface area (Å²) in [5.74, 6) is 0.573. The number of carbonyl (C=O) groups is 4. The highest BCUT2D eigenvalue weighted by atomic mass is 16.6. The number of nitrogens with one attached hydrogen (secondary N) is 5. The molecular weight excluding hydrogens is 658 g/mol. The molecule has 0 radical (unpaired) electrons. The van der Waals surface area contributed by atoms with Gasteiger partial charge in [-0.25, -0.2) is 4.79 Å². The van der Waals surface area contributed by atoms with Crippen molar-refractivity contribution in [3.05, 3.63) is 35.1 Å². The van der Waals surface area contributed by atoms with E-state index in [0.29, 0.717) is 36.4 Å². The van der Waals surface area contributed by atoms with Crippen LogP contribution in [-0.4, -0.2) is 118 Å². The van der Waals surface area contributed by atoms with Crippen LogP contribution in [0.1, 0.15) is 64.0 Å². The van der Waals surface area contributed by atoms with E-state index in [1.54, 1.807) is 42.0 Å². The van der Waals surface area contributed by atoms with Crippen LogP contribution in [0.5, 0.6) is 11.5 Å². The third kappa shape index (κ3) is 8.03. The zero-order chi connectivity index (χ0) is 37.1. The number of esters is 1. The molecule has 5 atom stereocenters. The molecule has 4 aliphatic rings. The van der Waals surface area contributed by atoms with E-state index in [-0.39, 0.29) is 30.9 Å². The summed E-state index contributed by atoms with van der Waals surface area (Å²) in [6.07, 6.45) is 3.72. The van der Waals surface area contributed by atoms with Crippen molar-refractivity contribution in [3.8, 4) is 11.5 Å². The zero-order valence-electron chi connectivity index (χ0n) is 30.8. The number of hydrogen-bond donors (Lipinski definition) is 5. The van der Waals surface area contributed by atoms with Gasteiger partial charge in [0.25, 0.3) is 0 Å². The summed E-state index contributed by atoms with van der Waals surface area (Å²) >= 11 is 0. The van der Waals surface area contributed by atoms with Gasteiger partial charge in [-0.1, -0.05) is 6.07 Å². The quantitative estimate of drug-likeness (QED) is 0.0661. The average molecular weight is 712 g/mol. The fourth-order valence-electron chi connectivity index (χ4n) is 7.93. The van der Waals surface area contributed by atoms with Crippen LogP contribution in [0.4, 0.5) is 4.79 Å². The number of methoxy groups -OCH3 is 1. The van der Waals surface area contributed by atoms with Crippen molar-refractivity contribution in [3.63, 3.8) is 0 Å². The maximum atomic E-state index is 13.4. The predicted octanol–water partition coefficient (Wildman–Crippen LogP) is 1.78. The van der Waals surface area contributed by atoms with Gasteiger partial charge in [-0.2, -0.15) is 0 Å². The number of carbonyl (C=O) groups excluding carboxylic acids is 4. The Kier molecular flexibility index (Phi) is 11.4. The number of guanidine groups is 1. The van der Waals surface area contributed by atoms with E-state index >= 15 is 0 Å². The highest BCUT2D eigenvalue weighted by Crippen LogP contribution is 2.63. The molecule has 3 amide bonds. The molecule has 15 heteroatoms. The lowest BCUT2D eigenvalue weighted by atomic mass is 9.53. The fraction of sp³-hybridized carbons (Fsp3) is 0.639. The largest absolute Gasteiger partial charge is 0.493 e. The van der Waals surface area contributed by atoms with Gasteiger partial charge in [0.05, 0.1) is 7.11 Å². The normalized spacial score (nSPS) is 23.4. The van der Waals surface area contributed by atoms with Crippen LogP contribution in [0.15, 0.2) is 24.0 Å². The second-order valence-corrected chi connectivity index (χ2v) is 14.8. The minimum atomic E-state index is -0.945. The number of rotatable bonds is 13. The van der Waals surface area contributed by atoms with E-state index in [0.717, 1.165) is 31.6 Å². The second-order valence-electron chi connectivity index (χ2n) is 14.8. The monoisotopic (exact) mass is 711 g/mol. The molecule has 1 spiro atoms. The van der Waals surface area contributed by atoms with E-state index in [2.05, 4.69) is 39.3 Å². The number of nitrogens with zero attached hydrogens (tertiary/aromatic N) is 2. The first-order valence-corrected chi connectivity index (χ1v) is 17.7. The summed E-state index contributed by atoms with van der Waals surface area (Å²) in [4.78, 5) is 55.3. The van der Waals surface area contributed by atoms with Crippen LogP contribution in [-0.2, 0) is 35.7 Å². The number of amides is 3. The highest BCUT2D eigenvalue weighted by Gasteiger charge is 2.64. The first-order chi connectivity index (χ1) is 24.2. The lowest BCUT2D eigenvalue weighted by Crippen LogP contribution is -2.63. The Balaban J connectivity index is 1.18. The van der Waals surface area contributed by atoms with Gasteiger partial charge in [-0.05, 0) is 90.1 Å². The van der Waals surface area contributed by atoms with Gasteiger partial charge in [-0.15, -0.1) is 0 Å². The molecule has 2 aliphatic carbocycles. The lowest BCUT2D eigenvalue weighted by molar-refractivity contribution is -0.156. The van der Waals surface area contributed by atoms with Crippen LogP contribution in [0.2, 0.25) is 0 Å². The summed E-state index contributed by atoms with van der Waals surface area (Å²) in [7, 11) is 7.03. The molecule has 1 fully saturated rings. The molecular formula is C36H53N7O8. The Labute approximate surface area is 299 Å². The number of likely N-dealkylation sites (tertiary alicyclic amines) is 1. The first kappa shape index (κ1) is 37.7. The van der Waals surface area contributed by atoms with E-state index in [1.807, 2.05) is 12.1 Å². The predicted molar refractivity (Wildman–Crippen MR) is 189 cm³/mol. The van der Waals surface area contributed by atoms with Gasteiger partial charge < -0.3 is 50.0 Å². The minimum absolute atomic E-state index is 0.0938. The smallest absolute Gasteiger partial charge is 0.414 e. The van der Waals surface area contributed by atoms with E-state index in [4.69, 9.17) is 24.4 Å². The van der Waals surface area contributed by atoms with Crippen molar-refractivity contribution in [2.45, 2.75) is 88.5 Å². The van der Waals surface area contributed by atoms with Crippen LogP contribution < -0.4 is 30.7 Å². The standard InChI is InChI=1S/C36H53N7O8/c1-35(2,3)51-28(45)20-27(44)41-23(9-8-15-40-33(37)38-4)32(46)39-16-18-43(6)34(47)49-26-13-11-22-24-19-21-10-12-25(48-7)30-29(21)36(22,31(26)50-30)14-17-42(24)5/h10,12-13,22-24,31H,8-9,11,14-20H2,1-7H3,(H,39,46)(H,41,44)(H3,37,38,40)/t22?,23-,24+,31?,36-/m0/s1. The molecule has 2 bridgehead atoms. The Bertz CT molecular complexity index is 1560. The Morgan fingerprint density at radius 3 is 2.65 bits per heavy atom. The van der Waals surface area contributed by atoms with Gasteiger partial charge in [-0.3, -0.25) is 19.8 Å². The Hall–Kier alpha value is -4.53. The molecule has 5 N–H and O–H groups in total. The molecule has 0 saturated carbocycles. The van der Waals surface area contributed by atoms with Crippen molar-refractivity contribution in [1.82, 2.24) is 31.1 Å². The number of hydrogen-bond acceptors (Lipinski definition) is 10. The average Bonchev–Trinajstić information content (AvgIpc) is 3.42. The number of allylic oxidation sites excluding steroid dienone is 1. The number of ether oxygens (including phenoxy) is 4. The van der Waals surface area contributed by atoms with Crippen LogP contribution >= 0.6 is 0 Å². The molecule has 280 valence electrons. The molecule has 0 aromatic heterocycles. The summed E-state index contributed by atoms with van der Waals surface area (Å²) < 4.78 is 23.6.